The van der Waals surface area contributed by atoms with Gasteiger partial charge in [-0.2, -0.15) is 0 Å². The van der Waals surface area contributed by atoms with Gasteiger partial charge < -0.3 is 16.4 Å². The van der Waals surface area contributed by atoms with Crippen LogP contribution in [0.5, 0.6) is 0 Å². The van der Waals surface area contributed by atoms with Crippen LogP contribution in [0.4, 0.5) is 0 Å². The van der Waals surface area contributed by atoms with Crippen LogP contribution in [-0.2, 0) is 53.6 Å². The molecule has 0 N–H and O–H groups in total. The zero-order valence-corrected chi connectivity index (χ0v) is 5.51. The van der Waals surface area contributed by atoms with Crippen molar-refractivity contribution in [1.82, 2.24) is 0 Å². The summed E-state index contributed by atoms with van der Waals surface area (Å²) in [4.78, 5) is 0. The third-order valence-electron chi connectivity index (χ3n) is 0. The van der Waals surface area contributed by atoms with Crippen molar-refractivity contribution >= 4 is 0 Å². The Balaban J connectivity index is 0. The van der Waals surface area contributed by atoms with E-state index in [2.05, 4.69) is 0 Å². The molecule has 0 atom stereocenters. The van der Waals surface area contributed by atoms with E-state index in [9.17, 15) is 0 Å². The number of hydrogen-bond donors (Lipinski definition) is 0. The summed E-state index contributed by atoms with van der Waals surface area (Å²) in [5, 5.41) is 0. The Bertz CT molecular complexity index is 6.85. The van der Waals surface area contributed by atoms with Crippen LogP contribution in [0.15, 0.2) is 0 Å². The van der Waals surface area contributed by atoms with Gasteiger partial charge >= 0.3 is 17.1 Å². The molecule has 0 spiro atoms. The molecule has 0 aliphatic heterocycles. The van der Waals surface area contributed by atoms with Gasteiger partial charge in [0.25, 0.3) is 0 Å². The number of hydrogen-bond acceptors (Lipinski definition) is 0. The third kappa shape index (κ3) is 42.7. The summed E-state index contributed by atoms with van der Waals surface area (Å²) < 4.78 is 0. The summed E-state index contributed by atoms with van der Waals surface area (Å²) in [6.07, 6.45) is 0. The minimum absolute atomic E-state index is 0. The van der Waals surface area contributed by atoms with Crippen molar-refractivity contribution in [2.45, 2.75) is 0 Å². The number of rotatable bonds is 0. The molecular formula is IrMnO3-4. The van der Waals surface area contributed by atoms with E-state index in [1.165, 1.54) is 0 Å². The fraction of sp³-hybridized carbons (Fsp3) is 0. The molecule has 0 heterocycles. The molecule has 5 heteroatoms. The summed E-state index contributed by atoms with van der Waals surface area (Å²) in [7, 11) is 0. The Morgan fingerprint density at radius 3 is 0.600 bits per heavy atom. The van der Waals surface area contributed by atoms with Crippen molar-refractivity contribution in [2.75, 3.05) is 0 Å². The summed E-state index contributed by atoms with van der Waals surface area (Å²) in [5.74, 6) is 0. The van der Waals surface area contributed by atoms with Crippen molar-refractivity contribution in [3.05, 3.63) is 0 Å². The van der Waals surface area contributed by atoms with Crippen LogP contribution < -0.4 is 0 Å². The zero-order chi connectivity index (χ0) is 0. The molecule has 0 aromatic carbocycles. The molecule has 2 radical (unpaired) electrons. The average Bonchev–Trinajstić information content (AvgIpc) is 0. The second-order valence-electron chi connectivity index (χ2n) is 0. The maximum Gasteiger partial charge on any atom is 2.00 e. The standard InChI is InChI=1S/Ir.Mn.3O/q;+2;3*-2. The minimum Gasteiger partial charge on any atom is -2.00 e. The first kappa shape index (κ1) is 140. The van der Waals surface area contributed by atoms with Gasteiger partial charge in [-0.3, -0.25) is 0 Å². The molecule has 0 amide bonds. The van der Waals surface area contributed by atoms with Gasteiger partial charge in [-0.1, -0.05) is 0 Å². The molecule has 0 aliphatic carbocycles. The van der Waals surface area contributed by atoms with Gasteiger partial charge in [0.1, 0.15) is 0 Å². The first-order valence-electron chi connectivity index (χ1n) is 0. The van der Waals surface area contributed by atoms with Gasteiger partial charge in [0, 0.05) is 20.1 Å². The quantitative estimate of drug-likeness (QED) is 0.547. The fourth-order valence-corrected chi connectivity index (χ4v) is 0. The van der Waals surface area contributed by atoms with E-state index in [0.717, 1.165) is 0 Å². The molecular weight excluding hydrogens is 295 g/mol. The SMILES string of the molecule is [Ir].[Mn+2].[O-2].[O-2].[O-2]. The maximum atomic E-state index is 0. The van der Waals surface area contributed by atoms with Crippen LogP contribution in [0.3, 0.4) is 0 Å². The van der Waals surface area contributed by atoms with Crippen LogP contribution >= 0.6 is 0 Å². The molecule has 5 heavy (non-hydrogen) atoms. The average molecular weight is 295 g/mol. The second-order valence-corrected chi connectivity index (χ2v) is 0. The van der Waals surface area contributed by atoms with E-state index in [1.807, 2.05) is 0 Å². The van der Waals surface area contributed by atoms with E-state index in [-0.39, 0.29) is 53.6 Å². The molecule has 0 aromatic rings. The topological polar surface area (TPSA) is 85.5 Å². The summed E-state index contributed by atoms with van der Waals surface area (Å²) >= 11 is 0. The molecule has 38 valence electrons. The fourth-order valence-electron chi connectivity index (χ4n) is 0. The van der Waals surface area contributed by atoms with E-state index < -0.39 is 0 Å². The van der Waals surface area contributed by atoms with E-state index >= 15 is 0 Å². The smallest absolute Gasteiger partial charge is 2.00 e. The van der Waals surface area contributed by atoms with Crippen LogP contribution in [0.2, 0.25) is 0 Å². The van der Waals surface area contributed by atoms with E-state index in [0.29, 0.717) is 0 Å². The first-order valence-corrected chi connectivity index (χ1v) is 0. The molecule has 0 fully saturated rings. The van der Waals surface area contributed by atoms with Crippen LogP contribution in [0.1, 0.15) is 0 Å². The van der Waals surface area contributed by atoms with Crippen molar-refractivity contribution in [1.29, 1.82) is 0 Å². The van der Waals surface area contributed by atoms with Crippen LogP contribution in [-0.4, -0.2) is 0 Å². The molecule has 3 nitrogen and oxygen atoms in total. The molecule has 0 rings (SSSR count). The molecule has 0 unspecified atom stereocenters. The van der Waals surface area contributed by atoms with Gasteiger partial charge in [0.05, 0.1) is 0 Å². The first-order chi connectivity index (χ1) is 0. The molecule has 0 aliphatic rings. The molecule has 0 aromatic heterocycles. The largest absolute Gasteiger partial charge is 2.00 e. The van der Waals surface area contributed by atoms with Gasteiger partial charge in [-0.15, -0.1) is 0 Å². The predicted molar refractivity (Wildman–Crippen MR) is 2.06 cm³/mol. The maximum absolute atomic E-state index is 0. The predicted octanol–water partition coefficient (Wildman–Crippen LogP) is -0.361. The normalized spacial score (nSPS) is 0. The summed E-state index contributed by atoms with van der Waals surface area (Å²) in [6, 6.07) is 0. The Hall–Kier alpha value is 1.05. The van der Waals surface area contributed by atoms with E-state index in [1.54, 1.807) is 0 Å². The summed E-state index contributed by atoms with van der Waals surface area (Å²) in [6.45, 7) is 0. The molecule has 0 saturated heterocycles. The Labute approximate surface area is 53.9 Å². The molecule has 0 bridgehead atoms. The van der Waals surface area contributed by atoms with Gasteiger partial charge in [-0.25, -0.2) is 0 Å². The van der Waals surface area contributed by atoms with Crippen molar-refractivity contribution in [2.24, 2.45) is 0 Å². The van der Waals surface area contributed by atoms with Crippen molar-refractivity contribution < 1.29 is 53.6 Å². The monoisotopic (exact) mass is 296 g/mol. The zero-order valence-electron chi connectivity index (χ0n) is 1.94. The van der Waals surface area contributed by atoms with Crippen molar-refractivity contribution in [3.63, 3.8) is 0 Å². The van der Waals surface area contributed by atoms with Gasteiger partial charge in [0.15, 0.2) is 0 Å². The minimum atomic E-state index is 0. The van der Waals surface area contributed by atoms with Crippen LogP contribution in [0.25, 0.3) is 0 Å². The Morgan fingerprint density at radius 1 is 0.600 bits per heavy atom. The summed E-state index contributed by atoms with van der Waals surface area (Å²) in [5.41, 5.74) is 0. The molecule has 0 saturated carbocycles. The Kier molecular flexibility index (Phi) is 2110. The Morgan fingerprint density at radius 2 is 0.600 bits per heavy atom. The van der Waals surface area contributed by atoms with E-state index in [4.69, 9.17) is 0 Å². The van der Waals surface area contributed by atoms with Crippen LogP contribution in [0, 0.1) is 0 Å². The second kappa shape index (κ2) is 75.2. The third-order valence-corrected chi connectivity index (χ3v) is 0. The van der Waals surface area contributed by atoms with Crippen molar-refractivity contribution in [3.8, 4) is 0 Å². The van der Waals surface area contributed by atoms with Gasteiger partial charge in [-0.05, 0) is 0 Å². The van der Waals surface area contributed by atoms with Gasteiger partial charge in [0.2, 0.25) is 0 Å².